The largest absolute Gasteiger partial charge is 0.322 e. The molecule has 2 aromatic carbocycles. The second-order valence-corrected chi connectivity index (χ2v) is 6.19. The number of hydrogen-bond acceptors (Lipinski definition) is 1. The van der Waals surface area contributed by atoms with Gasteiger partial charge in [-0.2, -0.15) is 0 Å². The Labute approximate surface area is 133 Å². The van der Waals surface area contributed by atoms with Crippen molar-refractivity contribution in [2.75, 3.05) is 5.32 Å². The molecule has 2 rings (SSSR count). The van der Waals surface area contributed by atoms with Gasteiger partial charge in [0.25, 0.3) is 5.91 Å². The van der Waals surface area contributed by atoms with Crippen molar-refractivity contribution in [2.24, 2.45) is 0 Å². The van der Waals surface area contributed by atoms with Crippen molar-refractivity contribution < 1.29 is 4.79 Å². The number of carbonyl (C=O) groups excluding carboxylic acids is 1. The van der Waals surface area contributed by atoms with Gasteiger partial charge in [-0.1, -0.05) is 33.6 Å². The van der Waals surface area contributed by atoms with Crippen molar-refractivity contribution in [3.05, 3.63) is 61.5 Å². The molecule has 0 aliphatic heterocycles. The average molecular weight is 404 g/mol. The lowest BCUT2D eigenvalue weighted by molar-refractivity contribution is 0.102. The van der Waals surface area contributed by atoms with Gasteiger partial charge < -0.3 is 5.32 Å². The van der Waals surface area contributed by atoms with Gasteiger partial charge in [-0.15, -0.1) is 0 Å². The van der Waals surface area contributed by atoms with Gasteiger partial charge in [-0.05, 0) is 58.7 Å². The van der Waals surface area contributed by atoms with E-state index in [1.165, 1.54) is 0 Å². The summed E-state index contributed by atoms with van der Waals surface area (Å²) >= 11 is 12.6. The first-order chi connectivity index (χ1) is 8.97. The van der Waals surface area contributed by atoms with Gasteiger partial charge in [0, 0.05) is 19.7 Å². The van der Waals surface area contributed by atoms with E-state index in [9.17, 15) is 4.79 Å². The highest BCUT2D eigenvalue weighted by Gasteiger charge is 2.11. The fourth-order valence-corrected chi connectivity index (χ4v) is 2.78. The molecule has 0 spiro atoms. The number of carbonyl (C=O) groups is 1. The van der Waals surface area contributed by atoms with Crippen molar-refractivity contribution in [1.82, 2.24) is 0 Å². The van der Waals surface area contributed by atoms with Gasteiger partial charge in [0.05, 0.1) is 5.56 Å². The second kappa shape index (κ2) is 6.07. The van der Waals surface area contributed by atoms with Crippen molar-refractivity contribution in [3.63, 3.8) is 0 Å². The predicted octanol–water partition coefficient (Wildman–Crippen LogP) is 5.43. The lowest BCUT2D eigenvalue weighted by Gasteiger charge is -2.08. The maximum absolute atomic E-state index is 12.1. The first-order valence-electron chi connectivity index (χ1n) is 5.50. The van der Waals surface area contributed by atoms with Crippen LogP contribution in [-0.4, -0.2) is 5.91 Å². The van der Waals surface area contributed by atoms with E-state index < -0.39 is 0 Å². The summed E-state index contributed by atoms with van der Waals surface area (Å²) in [7, 11) is 0. The monoisotopic (exact) mass is 401 g/mol. The highest BCUT2D eigenvalue weighted by Crippen LogP contribution is 2.24. The van der Waals surface area contributed by atoms with Crippen LogP contribution >= 0.6 is 43.5 Å². The second-order valence-electron chi connectivity index (χ2n) is 4.04. The van der Waals surface area contributed by atoms with E-state index in [1.54, 1.807) is 18.2 Å². The van der Waals surface area contributed by atoms with Gasteiger partial charge >= 0.3 is 0 Å². The van der Waals surface area contributed by atoms with Crippen molar-refractivity contribution >= 4 is 55.1 Å². The molecule has 0 saturated heterocycles. The normalized spacial score (nSPS) is 10.3. The topological polar surface area (TPSA) is 29.1 Å². The molecule has 2 nitrogen and oxygen atoms in total. The Kier molecular flexibility index (Phi) is 4.66. The van der Waals surface area contributed by atoms with Crippen molar-refractivity contribution in [3.8, 4) is 0 Å². The summed E-state index contributed by atoms with van der Waals surface area (Å²) in [5.74, 6) is -0.181. The Hall–Kier alpha value is -0.840. The Balaban J connectivity index is 2.23. The minimum absolute atomic E-state index is 0.181. The third-order valence-electron chi connectivity index (χ3n) is 2.61. The third-order valence-corrected chi connectivity index (χ3v) is 4.35. The van der Waals surface area contributed by atoms with Gasteiger partial charge in [0.15, 0.2) is 0 Å². The molecule has 0 radical (unpaired) electrons. The maximum Gasteiger partial charge on any atom is 0.256 e. The van der Waals surface area contributed by atoms with Gasteiger partial charge in [-0.3, -0.25) is 4.79 Å². The Bertz CT molecular complexity index is 643. The fourth-order valence-electron chi connectivity index (χ4n) is 1.54. The van der Waals surface area contributed by atoms with E-state index >= 15 is 0 Å². The lowest BCUT2D eigenvalue weighted by Crippen LogP contribution is -2.12. The lowest BCUT2D eigenvalue weighted by atomic mass is 10.2. The van der Waals surface area contributed by atoms with Gasteiger partial charge in [-0.25, -0.2) is 0 Å². The molecule has 19 heavy (non-hydrogen) atoms. The van der Waals surface area contributed by atoms with Crippen LogP contribution in [0.5, 0.6) is 0 Å². The molecule has 0 fully saturated rings. The van der Waals surface area contributed by atoms with E-state index in [-0.39, 0.29) is 5.91 Å². The molecule has 0 aliphatic carbocycles. The molecule has 0 unspecified atom stereocenters. The molecule has 0 saturated carbocycles. The van der Waals surface area contributed by atoms with E-state index in [0.717, 1.165) is 15.7 Å². The zero-order valence-electron chi connectivity index (χ0n) is 10.0. The summed E-state index contributed by atoms with van der Waals surface area (Å²) in [5, 5.41) is 3.43. The van der Waals surface area contributed by atoms with Crippen LogP contribution < -0.4 is 5.32 Å². The maximum atomic E-state index is 12.1. The van der Waals surface area contributed by atoms with Gasteiger partial charge in [0.2, 0.25) is 0 Å². The van der Waals surface area contributed by atoms with Crippen LogP contribution in [0.15, 0.2) is 45.3 Å². The van der Waals surface area contributed by atoms with E-state index in [1.807, 2.05) is 25.1 Å². The minimum atomic E-state index is -0.181. The van der Waals surface area contributed by atoms with Gasteiger partial charge in [0.1, 0.15) is 0 Å². The van der Waals surface area contributed by atoms with Crippen LogP contribution in [-0.2, 0) is 0 Å². The van der Waals surface area contributed by atoms with Crippen LogP contribution in [0.25, 0.3) is 0 Å². The van der Waals surface area contributed by atoms with Crippen molar-refractivity contribution in [2.45, 2.75) is 6.92 Å². The summed E-state index contributed by atoms with van der Waals surface area (Å²) in [6.07, 6.45) is 0. The number of nitrogens with one attached hydrogen (secondary N) is 1. The molecule has 1 amide bonds. The highest BCUT2D eigenvalue weighted by molar-refractivity contribution is 9.10. The smallest absolute Gasteiger partial charge is 0.256 e. The summed E-state index contributed by atoms with van der Waals surface area (Å²) in [4.78, 5) is 12.1. The number of rotatable bonds is 2. The molecule has 0 aromatic heterocycles. The molecule has 2 aromatic rings. The van der Waals surface area contributed by atoms with Crippen LogP contribution in [0.2, 0.25) is 5.02 Å². The molecule has 0 heterocycles. The first kappa shape index (κ1) is 14.6. The molecular formula is C14H10Br2ClNO. The summed E-state index contributed by atoms with van der Waals surface area (Å²) in [6.45, 7) is 1.99. The number of anilines is 1. The first-order valence-corrected chi connectivity index (χ1v) is 7.46. The van der Waals surface area contributed by atoms with E-state index in [0.29, 0.717) is 15.1 Å². The molecule has 1 N–H and O–H groups in total. The average Bonchev–Trinajstić information content (AvgIpc) is 2.33. The third kappa shape index (κ3) is 3.59. The Morgan fingerprint density at radius 1 is 1.11 bits per heavy atom. The summed E-state index contributed by atoms with van der Waals surface area (Å²) in [6, 6.07) is 10.7. The molecule has 98 valence electrons. The van der Waals surface area contributed by atoms with E-state index in [4.69, 9.17) is 11.6 Å². The Morgan fingerprint density at radius 3 is 2.47 bits per heavy atom. The number of hydrogen-bond donors (Lipinski definition) is 1. The fraction of sp³-hybridized carbons (Fsp3) is 0.0714. The zero-order valence-corrected chi connectivity index (χ0v) is 13.9. The number of amides is 1. The quantitative estimate of drug-likeness (QED) is 0.712. The van der Waals surface area contributed by atoms with Crippen LogP contribution in [0.1, 0.15) is 15.9 Å². The molecule has 0 atom stereocenters. The number of halogens is 3. The van der Waals surface area contributed by atoms with Crippen LogP contribution in [0, 0.1) is 6.92 Å². The Morgan fingerprint density at radius 2 is 1.84 bits per heavy atom. The SMILES string of the molecule is Cc1ccc(NC(=O)c2ccc(Cl)cc2Br)cc1Br. The molecule has 0 aliphatic rings. The summed E-state index contributed by atoms with van der Waals surface area (Å²) in [5.41, 5.74) is 2.40. The molecular weight excluding hydrogens is 393 g/mol. The zero-order chi connectivity index (χ0) is 14.0. The number of benzene rings is 2. The predicted molar refractivity (Wildman–Crippen MR) is 86.0 cm³/mol. The van der Waals surface area contributed by atoms with Crippen LogP contribution in [0.3, 0.4) is 0 Å². The molecule has 5 heteroatoms. The highest BCUT2D eigenvalue weighted by atomic mass is 79.9. The van der Waals surface area contributed by atoms with E-state index in [2.05, 4.69) is 37.2 Å². The summed E-state index contributed by atoms with van der Waals surface area (Å²) < 4.78 is 1.63. The minimum Gasteiger partial charge on any atom is -0.322 e. The molecule has 0 bridgehead atoms. The van der Waals surface area contributed by atoms with Crippen molar-refractivity contribution in [1.29, 1.82) is 0 Å². The number of aryl methyl sites for hydroxylation is 1. The van der Waals surface area contributed by atoms with Crippen LogP contribution in [0.4, 0.5) is 5.69 Å². The standard InChI is InChI=1S/C14H10Br2ClNO/c1-8-2-4-10(7-12(8)15)18-14(19)11-5-3-9(17)6-13(11)16/h2-7H,1H3,(H,18,19).